The number of hydrogen-bond acceptors (Lipinski definition) is 6. The Morgan fingerprint density at radius 3 is 2.61 bits per heavy atom. The van der Waals surface area contributed by atoms with Gasteiger partial charge in [-0.25, -0.2) is 14.8 Å². The zero-order chi connectivity index (χ0) is 20.1. The van der Waals surface area contributed by atoms with E-state index in [-0.39, 0.29) is 17.6 Å². The first-order valence-electron chi connectivity index (χ1n) is 8.88. The second-order valence-corrected chi connectivity index (χ2v) is 6.06. The van der Waals surface area contributed by atoms with Crippen LogP contribution in [0.1, 0.15) is 6.92 Å². The minimum absolute atomic E-state index is 0.186. The summed E-state index contributed by atoms with van der Waals surface area (Å²) in [5, 5.41) is 2.79. The number of benzene rings is 1. The fourth-order valence-corrected chi connectivity index (χ4v) is 2.84. The van der Waals surface area contributed by atoms with Crippen molar-refractivity contribution in [3.63, 3.8) is 0 Å². The van der Waals surface area contributed by atoms with E-state index in [1.54, 1.807) is 6.92 Å². The molecule has 0 bridgehead atoms. The van der Waals surface area contributed by atoms with Crippen molar-refractivity contribution in [2.75, 3.05) is 20.3 Å². The molecular formula is C19H21N5O4. The smallest absolute Gasteiger partial charge is 0.333 e. The molecule has 1 amide bonds. The van der Waals surface area contributed by atoms with Gasteiger partial charge in [-0.3, -0.25) is 18.7 Å². The maximum absolute atomic E-state index is 12.8. The molecule has 0 saturated carbocycles. The summed E-state index contributed by atoms with van der Waals surface area (Å²) in [6.07, 6.45) is 1.40. The minimum atomic E-state index is -0.591. The molecule has 0 aliphatic rings. The van der Waals surface area contributed by atoms with Gasteiger partial charge in [-0.1, -0.05) is 30.3 Å². The van der Waals surface area contributed by atoms with Gasteiger partial charge in [0, 0.05) is 32.0 Å². The highest BCUT2D eigenvalue weighted by Crippen LogP contribution is 2.15. The second kappa shape index (κ2) is 8.57. The van der Waals surface area contributed by atoms with E-state index in [2.05, 4.69) is 15.3 Å². The molecule has 1 aromatic carbocycles. The van der Waals surface area contributed by atoms with Crippen LogP contribution in [0.2, 0.25) is 0 Å². The molecule has 0 fully saturated rings. The standard InChI is InChI=1S/C19H21N5O4/c1-3-23-17-14(11-21-16(22-17)13-7-5-4-6-8-13)18(26)24(19(23)27)12-15(25)20-9-10-28-2/h4-8,11H,3,9-10,12H2,1-2H3,(H,20,25). The molecule has 0 aliphatic heterocycles. The number of rotatable bonds is 7. The molecule has 0 aliphatic carbocycles. The molecule has 1 N–H and O–H groups in total. The molecule has 2 heterocycles. The van der Waals surface area contributed by atoms with Gasteiger partial charge in [0.25, 0.3) is 5.56 Å². The van der Waals surface area contributed by atoms with Crippen LogP contribution < -0.4 is 16.6 Å². The van der Waals surface area contributed by atoms with Gasteiger partial charge in [-0.05, 0) is 6.92 Å². The van der Waals surface area contributed by atoms with Gasteiger partial charge >= 0.3 is 5.69 Å². The maximum atomic E-state index is 12.8. The highest BCUT2D eigenvalue weighted by Gasteiger charge is 2.17. The van der Waals surface area contributed by atoms with Gasteiger partial charge in [0.2, 0.25) is 5.91 Å². The normalized spacial score (nSPS) is 10.9. The van der Waals surface area contributed by atoms with Crippen LogP contribution in [0.15, 0.2) is 46.1 Å². The number of carbonyl (C=O) groups is 1. The largest absolute Gasteiger partial charge is 0.383 e. The molecule has 0 unspecified atom stereocenters. The molecule has 0 radical (unpaired) electrons. The Balaban J connectivity index is 2.07. The van der Waals surface area contributed by atoms with Crippen LogP contribution in [-0.2, 0) is 22.6 Å². The van der Waals surface area contributed by atoms with Gasteiger partial charge < -0.3 is 10.1 Å². The number of hydrogen-bond donors (Lipinski definition) is 1. The number of carbonyl (C=O) groups excluding carboxylic acids is 1. The zero-order valence-electron chi connectivity index (χ0n) is 15.7. The molecule has 9 heteroatoms. The van der Waals surface area contributed by atoms with Crippen molar-refractivity contribution >= 4 is 16.9 Å². The van der Waals surface area contributed by atoms with E-state index < -0.39 is 17.2 Å². The molecule has 9 nitrogen and oxygen atoms in total. The summed E-state index contributed by atoms with van der Waals surface area (Å²) >= 11 is 0. The van der Waals surface area contributed by atoms with E-state index >= 15 is 0 Å². The summed E-state index contributed by atoms with van der Waals surface area (Å²) in [5.74, 6) is -0.0239. The van der Waals surface area contributed by atoms with Crippen molar-refractivity contribution in [3.8, 4) is 11.4 Å². The number of aromatic nitrogens is 4. The third-order valence-corrected chi connectivity index (χ3v) is 4.24. The van der Waals surface area contributed by atoms with Crippen molar-refractivity contribution in [2.24, 2.45) is 0 Å². The molecule has 3 rings (SSSR count). The lowest BCUT2D eigenvalue weighted by atomic mass is 10.2. The van der Waals surface area contributed by atoms with Crippen LogP contribution in [0.25, 0.3) is 22.4 Å². The Morgan fingerprint density at radius 2 is 1.93 bits per heavy atom. The fourth-order valence-electron chi connectivity index (χ4n) is 2.84. The quantitative estimate of drug-likeness (QED) is 0.592. The van der Waals surface area contributed by atoms with Gasteiger partial charge in [0.15, 0.2) is 11.5 Å². The van der Waals surface area contributed by atoms with Crippen LogP contribution in [0.5, 0.6) is 0 Å². The highest BCUT2D eigenvalue weighted by molar-refractivity contribution is 5.78. The van der Waals surface area contributed by atoms with Crippen LogP contribution in [0.3, 0.4) is 0 Å². The Morgan fingerprint density at radius 1 is 1.18 bits per heavy atom. The molecule has 3 aromatic rings. The molecule has 0 atom stereocenters. The van der Waals surface area contributed by atoms with E-state index in [9.17, 15) is 14.4 Å². The lowest BCUT2D eigenvalue weighted by Gasteiger charge is -2.12. The molecule has 28 heavy (non-hydrogen) atoms. The Kier molecular flexibility index (Phi) is 5.95. The van der Waals surface area contributed by atoms with E-state index in [0.29, 0.717) is 25.5 Å². The van der Waals surface area contributed by atoms with Crippen LogP contribution >= 0.6 is 0 Å². The number of fused-ring (bicyclic) bond motifs is 1. The maximum Gasteiger partial charge on any atom is 0.333 e. The third-order valence-electron chi connectivity index (χ3n) is 4.24. The molecular weight excluding hydrogens is 362 g/mol. The molecule has 0 spiro atoms. The number of ether oxygens (including phenoxy) is 1. The van der Waals surface area contributed by atoms with Gasteiger partial charge in [0.05, 0.1) is 6.61 Å². The van der Waals surface area contributed by atoms with Crippen molar-refractivity contribution in [2.45, 2.75) is 20.0 Å². The van der Waals surface area contributed by atoms with Gasteiger partial charge in [-0.15, -0.1) is 0 Å². The first-order valence-corrected chi connectivity index (χ1v) is 8.88. The van der Waals surface area contributed by atoms with E-state index in [1.807, 2.05) is 30.3 Å². The summed E-state index contributed by atoms with van der Waals surface area (Å²) in [4.78, 5) is 46.4. The van der Waals surface area contributed by atoms with Crippen molar-refractivity contribution in [1.82, 2.24) is 24.4 Å². The summed E-state index contributed by atoms with van der Waals surface area (Å²) in [7, 11) is 1.52. The number of methoxy groups -OCH3 is 1. The third kappa shape index (κ3) is 3.84. The zero-order valence-corrected chi connectivity index (χ0v) is 15.7. The van der Waals surface area contributed by atoms with Gasteiger partial charge in [0.1, 0.15) is 11.9 Å². The molecule has 2 aromatic heterocycles. The number of nitrogens with one attached hydrogen (secondary N) is 1. The van der Waals surface area contributed by atoms with Crippen molar-refractivity contribution in [3.05, 3.63) is 57.4 Å². The Bertz CT molecular complexity index is 1100. The number of nitrogens with zero attached hydrogens (tertiary/aromatic N) is 4. The average molecular weight is 383 g/mol. The number of amides is 1. The topological polar surface area (TPSA) is 108 Å². The predicted molar refractivity (Wildman–Crippen MR) is 104 cm³/mol. The van der Waals surface area contributed by atoms with Crippen LogP contribution in [0, 0.1) is 0 Å². The predicted octanol–water partition coefficient (Wildman–Crippen LogP) is 0.403. The molecule has 146 valence electrons. The lowest BCUT2D eigenvalue weighted by Crippen LogP contribution is -2.44. The average Bonchev–Trinajstić information content (AvgIpc) is 2.72. The van der Waals surface area contributed by atoms with Crippen molar-refractivity contribution < 1.29 is 9.53 Å². The van der Waals surface area contributed by atoms with E-state index in [4.69, 9.17) is 4.74 Å². The monoisotopic (exact) mass is 383 g/mol. The summed E-state index contributed by atoms with van der Waals surface area (Å²) in [6, 6.07) is 9.29. The molecule has 0 saturated heterocycles. The SMILES string of the molecule is CCn1c(=O)n(CC(=O)NCCOC)c(=O)c2cnc(-c3ccccc3)nc21. The minimum Gasteiger partial charge on any atom is -0.383 e. The van der Waals surface area contributed by atoms with Crippen LogP contribution in [0.4, 0.5) is 0 Å². The Hall–Kier alpha value is -3.33. The summed E-state index contributed by atoms with van der Waals surface area (Å²) in [6.45, 7) is 2.33. The second-order valence-electron chi connectivity index (χ2n) is 6.06. The first-order chi connectivity index (χ1) is 13.6. The lowest BCUT2D eigenvalue weighted by molar-refractivity contribution is -0.121. The highest BCUT2D eigenvalue weighted by atomic mass is 16.5. The van der Waals surface area contributed by atoms with E-state index in [0.717, 1.165) is 10.1 Å². The first kappa shape index (κ1) is 19.4. The van der Waals surface area contributed by atoms with Crippen molar-refractivity contribution in [1.29, 1.82) is 0 Å². The summed E-state index contributed by atoms with van der Waals surface area (Å²) < 4.78 is 7.14. The fraction of sp³-hybridized carbons (Fsp3) is 0.316. The number of aryl methyl sites for hydroxylation is 1. The van der Waals surface area contributed by atoms with E-state index in [1.165, 1.54) is 17.9 Å². The van der Waals surface area contributed by atoms with Crippen LogP contribution in [-0.4, -0.2) is 45.3 Å². The Labute approximate surface area is 160 Å². The summed E-state index contributed by atoms with van der Waals surface area (Å²) in [5.41, 5.74) is -0.144. The van der Waals surface area contributed by atoms with Gasteiger partial charge in [-0.2, -0.15) is 0 Å².